The summed E-state index contributed by atoms with van der Waals surface area (Å²) in [5.74, 6) is 6.92. The van der Waals surface area contributed by atoms with Gasteiger partial charge in [-0.1, -0.05) is 103 Å². The Morgan fingerprint density at radius 1 is 0.267 bits per heavy atom. The molecule has 95 radical (unpaired) electrons. The lowest BCUT2D eigenvalue weighted by molar-refractivity contribution is 0.227. The second kappa shape index (κ2) is 63.9. The van der Waals surface area contributed by atoms with Gasteiger partial charge in [0.25, 0.3) is 0 Å². The second-order valence-corrected chi connectivity index (χ2v) is 34.6. The van der Waals surface area contributed by atoms with Gasteiger partial charge in [0.15, 0.2) is 0 Å². The summed E-state index contributed by atoms with van der Waals surface area (Å²) in [6.07, 6.45) is -79.4. The Kier molecular flexibility index (Phi) is 62.8. The molecule has 2 unspecified atom stereocenters. The van der Waals surface area contributed by atoms with Gasteiger partial charge in [0.2, 0.25) is 0 Å². The minimum absolute atomic E-state index is 0.514. The van der Waals surface area contributed by atoms with Crippen LogP contribution >= 0.6 is 0 Å². The number of hydrogen-bond donors (Lipinski definition) is 2. The van der Waals surface area contributed by atoms with Crippen molar-refractivity contribution in [2.75, 3.05) is 0 Å². The predicted molar refractivity (Wildman–Crippen MR) is 688 cm³/mol. The molecule has 0 saturated carbocycles. The Hall–Kier alpha value is 1.74. The van der Waals surface area contributed by atoms with Gasteiger partial charge < -0.3 is 19.7 Å². The summed E-state index contributed by atoms with van der Waals surface area (Å²) in [5, 5.41) is 19.7. The molecule has 0 aromatic heterocycles. The number of rotatable bonds is 54. The molecule has 2 atom stereocenters. The van der Waals surface area contributed by atoms with Gasteiger partial charge in [-0.2, -0.15) is 0 Å². The minimum Gasteiger partial charge on any atom is -0.489 e. The lowest BCUT2D eigenvalue weighted by Gasteiger charge is -2.63. The lowest BCUT2D eigenvalue weighted by atomic mass is 8.19. The van der Waals surface area contributed by atoms with E-state index < -0.39 is 300 Å². The van der Waals surface area contributed by atoms with Gasteiger partial charge in [-0.25, -0.2) is 0 Å². The molecule has 2 N–H and O–H groups in total. The molecule has 0 aliphatic heterocycles. The molecular formula is C34H34B93O4. The Balaban J connectivity index is 0.00000122. The first-order chi connectivity index (χ1) is 60.9. The molecule has 4 rings (SSSR count). The van der Waals surface area contributed by atoms with Crippen LogP contribution in [-0.4, -0.2) is 668 Å². The van der Waals surface area contributed by atoms with Gasteiger partial charge in [0.1, 0.15) is 30.8 Å². The molecule has 0 aliphatic carbocycles. The molecule has 0 heterocycles. The average molecular weight is 1510 g/mol. The molecule has 0 spiro atoms. The Labute approximate surface area is 875 Å². The van der Waals surface area contributed by atoms with Crippen LogP contribution in [0.2, 0.25) is 0 Å². The summed E-state index contributed by atoms with van der Waals surface area (Å²) in [4.78, 5) is 0. The van der Waals surface area contributed by atoms with Gasteiger partial charge in [-0.05, 0) is 60.4 Å². The fourth-order valence-electron chi connectivity index (χ4n) is 20.2. The van der Waals surface area contributed by atoms with Crippen molar-refractivity contribution in [1.82, 2.24) is 0 Å². The summed E-state index contributed by atoms with van der Waals surface area (Å²) in [5.41, 5.74) is 3.83. The average Bonchev–Trinajstić information content (AvgIpc) is 0.707. The van der Waals surface area contributed by atoms with E-state index >= 15 is 0 Å². The fourth-order valence-corrected chi connectivity index (χ4v) is 20.2. The molecule has 473 valence electrons. The molecule has 97 heteroatoms. The van der Waals surface area contributed by atoms with Gasteiger partial charge in [-0.3, -0.25) is 0 Å². The van der Waals surface area contributed by atoms with Crippen LogP contribution in [0.15, 0.2) is 121 Å². The van der Waals surface area contributed by atoms with Crippen molar-refractivity contribution in [2.24, 2.45) is 0 Å². The van der Waals surface area contributed by atoms with E-state index in [-0.39, 0.29) is 0 Å². The van der Waals surface area contributed by atoms with Crippen LogP contribution in [0.4, 0.5) is 0 Å². The quantitative estimate of drug-likeness (QED) is 0.0263. The first-order valence-corrected chi connectivity index (χ1v) is 43.2. The zero-order chi connectivity index (χ0) is 101. The van der Waals surface area contributed by atoms with Crippen LogP contribution < -0.4 is 9.47 Å². The van der Waals surface area contributed by atoms with E-state index in [1.807, 2.05) is 122 Å². The zero-order valence-electron chi connectivity index (χ0n) is 75.5. The van der Waals surface area contributed by atoms with Gasteiger partial charge in [0, 0.05) is 658 Å². The molecule has 0 fully saturated rings. The van der Waals surface area contributed by atoms with Crippen molar-refractivity contribution in [2.45, 2.75) is 39.3 Å². The highest BCUT2D eigenvalue weighted by molar-refractivity contribution is 8.43. The van der Waals surface area contributed by atoms with E-state index in [2.05, 4.69) is 11.8 Å². The van der Waals surface area contributed by atoms with Crippen molar-refractivity contribution >= 4 is 658 Å². The summed E-state index contributed by atoms with van der Waals surface area (Å²) in [6, 6.07) is 34.9. The maximum absolute atomic E-state index is 9.89. The topological polar surface area (TPSA) is 58.9 Å². The van der Waals surface area contributed by atoms with Crippen LogP contribution in [0.5, 0.6) is 11.5 Å². The van der Waals surface area contributed by atoms with E-state index in [1.165, 1.54) is 0 Å². The highest BCUT2D eigenvalue weighted by Gasteiger charge is 2.68. The first kappa shape index (κ1) is 129. The van der Waals surface area contributed by atoms with Crippen LogP contribution in [0.1, 0.15) is 48.3 Å². The van der Waals surface area contributed by atoms with Crippen molar-refractivity contribution in [3.63, 3.8) is 0 Å². The molecule has 0 amide bonds. The monoisotopic (exact) mass is 1530 g/mol. The number of aliphatic hydroxyl groups is 2. The molecule has 0 bridgehead atoms. The van der Waals surface area contributed by atoms with Gasteiger partial charge >= 0.3 is 0 Å². The summed E-state index contributed by atoms with van der Waals surface area (Å²) in [6.45, 7) is 4.64. The third-order valence-corrected chi connectivity index (χ3v) is 25.3. The number of benzene rings is 4. The number of allylic oxidation sites excluding steroid dienone is 1. The van der Waals surface area contributed by atoms with Crippen molar-refractivity contribution in [3.8, 4) is 23.3 Å². The summed E-state index contributed by atoms with van der Waals surface area (Å²) >= 11 is 0. The highest BCUT2D eigenvalue weighted by atomic mass is 16.5. The second-order valence-electron chi connectivity index (χ2n) is 34.6. The Morgan fingerprint density at radius 3 is 0.664 bits per heavy atom. The normalized spacial score (nSPS) is 10.4. The maximum atomic E-state index is 9.89. The Morgan fingerprint density at radius 2 is 0.466 bits per heavy atom. The van der Waals surface area contributed by atoms with E-state index in [0.29, 0.717) is 13.2 Å². The predicted octanol–water partition coefficient (Wildman–Crippen LogP) is -28.2. The summed E-state index contributed by atoms with van der Waals surface area (Å²) < 4.78 is 11.4. The highest BCUT2D eigenvalue weighted by Crippen LogP contribution is 2.31. The zero-order valence-corrected chi connectivity index (χ0v) is 75.5. The van der Waals surface area contributed by atoms with E-state index in [0.717, 1.165) is 40.8 Å². The smallest absolute Gasteiger partial charge is 0.140 e. The van der Waals surface area contributed by atoms with Gasteiger partial charge in [-0.15, -0.1) is 5.92 Å². The van der Waals surface area contributed by atoms with Crippen LogP contribution in [-0.2, 0) is 13.2 Å². The number of ether oxygens (including phenoxy) is 2. The van der Waals surface area contributed by atoms with E-state index in [9.17, 15) is 10.2 Å². The molecule has 4 aromatic rings. The lowest BCUT2D eigenvalue weighted by Crippen LogP contribution is -3.01. The van der Waals surface area contributed by atoms with Crippen molar-refractivity contribution in [1.29, 1.82) is 0 Å². The molecule has 131 heavy (non-hydrogen) atoms. The van der Waals surface area contributed by atoms with Crippen molar-refractivity contribution < 1.29 is 19.7 Å². The van der Waals surface area contributed by atoms with Crippen molar-refractivity contribution in [3.05, 3.63) is 144 Å². The van der Waals surface area contributed by atoms with Crippen LogP contribution in [0.3, 0.4) is 0 Å². The Bertz CT molecular complexity index is 3420. The standard InChI is InChI=1S/C17H18O2.C17H16O2.B93/c2*1-2-7-17(18)15-10-6-11-16(12-15)19-13-14-8-4-3-5-9-14;1-48-72(49(2)3)84(73(50(4)5)51(6)7)90(85(74(52(8)9)53(10)11)75(54(12)13)55(14)15)93(91(86(76(56(16)17)57(18)19)77(58(20)21)59(22)23)87(78(60(24)25)61(26)27)79(62(28)29)63(30)31)92(88(80(64(32)33)65(34)35)81(66(36)37)67(38)39)89(82(68(40)41)69(42)43)83(70(44)45)71(46)47/h2-12,17-18H,13H2,1H3;3-6,8-12,17-18H,13H2,1H3;/b7-2+;;. The third-order valence-electron chi connectivity index (χ3n) is 25.3. The van der Waals surface area contributed by atoms with E-state index in [4.69, 9.17) is 373 Å². The number of aliphatic hydroxyl groups excluding tert-OH is 2. The van der Waals surface area contributed by atoms with Crippen LogP contribution in [0, 0.1) is 11.8 Å². The molecule has 0 saturated heterocycles. The molecule has 4 aromatic carbocycles. The molecule has 0 aliphatic rings. The largest absolute Gasteiger partial charge is 0.489 e. The van der Waals surface area contributed by atoms with E-state index in [1.54, 1.807) is 13.0 Å². The maximum Gasteiger partial charge on any atom is 0.140 e. The molecular weight excluding hydrogens is 1480 g/mol. The molecule has 4 nitrogen and oxygen atoms in total. The number of hydrogen-bond acceptors (Lipinski definition) is 4. The summed E-state index contributed by atoms with van der Waals surface area (Å²) in [7, 11) is 332. The minimum atomic E-state index is -2.17. The fraction of sp³-hybridized carbons (Fsp3) is 0.176. The van der Waals surface area contributed by atoms with Gasteiger partial charge in [0.05, 0.1) is 6.10 Å². The first-order valence-electron chi connectivity index (χ1n) is 43.2. The third kappa shape index (κ3) is 38.6. The van der Waals surface area contributed by atoms with Crippen LogP contribution in [0.25, 0.3) is 0 Å². The SMILES string of the molecule is C/C=C/C(O)c1cccc(OCc2ccccc2)c1.CC#CC(O)c1cccc(OCc2ccccc2)c1.[B][B]B(B([B])[B])B(B(B([B])[B])B([B])[B])B(B(B(B([B])[B])B([B])[B])B(B([B])[B])B([B])[B])B(B(B(B(B([B])[B])B([B])[B])B(B([B])[B])B([B])[B])B(B(B([B])[B])B([B])[B])B(B([B])[B])B([B])[B])B(B(B(B([B])[B])B([B])[B])B(B([B])[B])B([B])[B])B(B(B([B])[B])B([B])[B])B(B([B])[B])B([B])[B].